The van der Waals surface area contributed by atoms with Crippen LogP contribution in [0.4, 0.5) is 0 Å². The molecular formula is C7H3Cl2LiNO2P. The van der Waals surface area contributed by atoms with Crippen LogP contribution >= 0.6 is 30.6 Å². The summed E-state index contributed by atoms with van der Waals surface area (Å²) < 4.78 is 11.1. The number of hydrogen-bond donors (Lipinski definition) is 0. The molecule has 1 aromatic rings. The van der Waals surface area contributed by atoms with E-state index in [1.807, 2.05) is 0 Å². The number of nitrogens with zero attached hydrogens (tertiary/aromatic N) is 1. The Kier molecular flexibility index (Phi) is 5.27. The molecule has 0 aliphatic carbocycles. The second-order valence-corrected chi connectivity index (χ2v) is 4.79. The summed E-state index contributed by atoms with van der Waals surface area (Å²) in [6.07, 6.45) is 0. The van der Waals surface area contributed by atoms with Gasteiger partial charge in [-0.15, -0.1) is 0 Å². The molecule has 0 aliphatic rings. The van der Waals surface area contributed by atoms with E-state index >= 15 is 0 Å². The first-order chi connectivity index (χ1) is 5.99. The third kappa shape index (κ3) is 2.78. The Morgan fingerprint density at radius 2 is 1.79 bits per heavy atom. The Morgan fingerprint density at radius 3 is 2.14 bits per heavy atom. The van der Waals surface area contributed by atoms with Gasteiger partial charge in [-0.2, -0.15) is 5.26 Å². The monoisotopic (exact) mass is 241 g/mol. The summed E-state index contributed by atoms with van der Waals surface area (Å²) in [6, 6.07) is 4.24. The summed E-state index contributed by atoms with van der Waals surface area (Å²) >= 11 is 11.2. The zero-order valence-corrected chi connectivity index (χ0v) is 9.61. The third-order valence-corrected chi connectivity index (χ3v) is 3.59. The van der Waals surface area contributed by atoms with Gasteiger partial charge < -0.3 is 9.46 Å². The van der Waals surface area contributed by atoms with Crippen molar-refractivity contribution in [2.45, 2.75) is 0 Å². The van der Waals surface area contributed by atoms with Crippen molar-refractivity contribution in [1.29, 1.82) is 5.26 Å². The quantitative estimate of drug-likeness (QED) is 0.456. The van der Waals surface area contributed by atoms with Gasteiger partial charge in [-0.3, -0.25) is 0 Å². The van der Waals surface area contributed by atoms with Crippen molar-refractivity contribution in [2.24, 2.45) is 0 Å². The summed E-state index contributed by atoms with van der Waals surface area (Å²) in [4.78, 5) is 11.1. The van der Waals surface area contributed by atoms with Crippen molar-refractivity contribution < 1.29 is 28.3 Å². The van der Waals surface area contributed by atoms with Crippen molar-refractivity contribution in [3.63, 3.8) is 0 Å². The minimum Gasteiger partial charge on any atom is -0.785 e. The van der Waals surface area contributed by atoms with Gasteiger partial charge in [0.15, 0.2) is 0 Å². The minimum atomic E-state index is -4.31. The zero-order chi connectivity index (χ0) is 10.1. The Labute approximate surface area is 103 Å². The van der Waals surface area contributed by atoms with Gasteiger partial charge in [0, 0.05) is 5.30 Å². The summed E-state index contributed by atoms with van der Waals surface area (Å²) in [5.41, 5.74) is 0. The molecule has 7 heteroatoms. The Hall–Kier alpha value is 0.0774. The molecule has 68 valence electrons. The van der Waals surface area contributed by atoms with Crippen LogP contribution in [0.15, 0.2) is 18.2 Å². The standard InChI is InChI=1S/C7H4Cl2NO2P.Li/c8-5-2-1-3-6(9)7(5)13(11,12)4-10;/h1-3H,(H,11,12);/q;+1/p-1. The van der Waals surface area contributed by atoms with E-state index in [0.29, 0.717) is 0 Å². The SMILES string of the molecule is N#CP(=O)([O-])c1c(Cl)cccc1Cl.[Li+]. The first kappa shape index (κ1) is 14.1. The molecule has 0 heterocycles. The van der Waals surface area contributed by atoms with Crippen LogP contribution in [-0.4, -0.2) is 0 Å². The second-order valence-electron chi connectivity index (χ2n) is 2.22. The molecule has 3 nitrogen and oxygen atoms in total. The van der Waals surface area contributed by atoms with Crippen LogP contribution in [0.5, 0.6) is 0 Å². The number of halogens is 2. The topological polar surface area (TPSA) is 63.9 Å². The van der Waals surface area contributed by atoms with Gasteiger partial charge in [0.1, 0.15) is 13.2 Å². The van der Waals surface area contributed by atoms with Crippen LogP contribution in [0, 0.1) is 11.1 Å². The van der Waals surface area contributed by atoms with Gasteiger partial charge >= 0.3 is 18.9 Å². The number of benzene rings is 1. The predicted molar refractivity (Wildman–Crippen MR) is 49.3 cm³/mol. The van der Waals surface area contributed by atoms with E-state index in [-0.39, 0.29) is 34.2 Å². The van der Waals surface area contributed by atoms with Crippen LogP contribution < -0.4 is 29.1 Å². The number of nitriles is 1. The smallest absolute Gasteiger partial charge is 0.785 e. The molecule has 0 fully saturated rings. The molecule has 1 atom stereocenters. The maximum atomic E-state index is 11.1. The maximum Gasteiger partial charge on any atom is 1.00 e. The van der Waals surface area contributed by atoms with Crippen LogP contribution in [0.2, 0.25) is 10.0 Å². The normalized spacial score (nSPS) is 13.6. The van der Waals surface area contributed by atoms with Crippen LogP contribution in [0.25, 0.3) is 0 Å². The zero-order valence-electron chi connectivity index (χ0n) is 7.20. The summed E-state index contributed by atoms with van der Waals surface area (Å²) in [5.74, 6) is 1.17. The van der Waals surface area contributed by atoms with Crippen molar-refractivity contribution >= 4 is 35.9 Å². The van der Waals surface area contributed by atoms with Crippen LogP contribution in [-0.2, 0) is 4.57 Å². The van der Waals surface area contributed by atoms with E-state index < -0.39 is 7.37 Å². The molecule has 0 bridgehead atoms. The second kappa shape index (κ2) is 5.24. The predicted octanol–water partition coefficient (Wildman–Crippen LogP) is -1.26. The summed E-state index contributed by atoms with van der Waals surface area (Å²) in [7, 11) is -4.31. The van der Waals surface area contributed by atoms with Gasteiger partial charge in [-0.1, -0.05) is 29.3 Å². The van der Waals surface area contributed by atoms with Crippen LogP contribution in [0.3, 0.4) is 0 Å². The summed E-state index contributed by atoms with van der Waals surface area (Å²) in [5, 5.41) is 7.98. The average Bonchev–Trinajstić information content (AvgIpc) is 2.03. The van der Waals surface area contributed by atoms with E-state index in [4.69, 9.17) is 28.5 Å². The number of rotatable bonds is 1. The van der Waals surface area contributed by atoms with Crippen LogP contribution in [0.1, 0.15) is 0 Å². The van der Waals surface area contributed by atoms with E-state index in [1.165, 1.54) is 24.0 Å². The molecule has 0 spiro atoms. The van der Waals surface area contributed by atoms with Gasteiger partial charge in [0.2, 0.25) is 0 Å². The molecule has 0 amide bonds. The van der Waals surface area contributed by atoms with Gasteiger partial charge in [0.25, 0.3) is 0 Å². The van der Waals surface area contributed by atoms with E-state index in [9.17, 15) is 9.46 Å². The van der Waals surface area contributed by atoms with Crippen molar-refractivity contribution in [2.75, 3.05) is 0 Å². The largest absolute Gasteiger partial charge is 1.00 e. The molecule has 1 unspecified atom stereocenters. The van der Waals surface area contributed by atoms with E-state index in [0.717, 1.165) is 0 Å². The van der Waals surface area contributed by atoms with Crippen molar-refractivity contribution in [1.82, 2.24) is 0 Å². The Morgan fingerprint density at radius 1 is 1.36 bits per heavy atom. The van der Waals surface area contributed by atoms with Crippen molar-refractivity contribution in [3.05, 3.63) is 28.2 Å². The fourth-order valence-electron chi connectivity index (χ4n) is 0.820. The first-order valence-corrected chi connectivity index (χ1v) is 5.54. The molecule has 0 N–H and O–H groups in total. The molecular weight excluding hydrogens is 239 g/mol. The Balaban J connectivity index is 0.00000169. The van der Waals surface area contributed by atoms with Crippen molar-refractivity contribution in [3.8, 4) is 5.81 Å². The van der Waals surface area contributed by atoms with Gasteiger partial charge in [0.05, 0.1) is 10.0 Å². The van der Waals surface area contributed by atoms with Gasteiger partial charge in [-0.25, -0.2) is 0 Å². The third-order valence-electron chi connectivity index (χ3n) is 1.36. The molecule has 1 aromatic carbocycles. The maximum absolute atomic E-state index is 11.1. The van der Waals surface area contributed by atoms with E-state index in [1.54, 1.807) is 0 Å². The minimum absolute atomic E-state index is 0. The molecule has 0 saturated heterocycles. The number of hydrogen-bond acceptors (Lipinski definition) is 3. The fourth-order valence-corrected chi connectivity index (χ4v) is 2.70. The Bertz CT molecular complexity index is 412. The van der Waals surface area contributed by atoms with Gasteiger partial charge in [-0.05, 0) is 12.1 Å². The average molecular weight is 242 g/mol. The molecule has 0 saturated carbocycles. The van der Waals surface area contributed by atoms with E-state index in [2.05, 4.69) is 0 Å². The molecule has 0 radical (unpaired) electrons. The molecule has 1 rings (SSSR count). The molecule has 0 aromatic heterocycles. The fraction of sp³-hybridized carbons (Fsp3) is 0. The molecule has 14 heavy (non-hydrogen) atoms. The summed E-state index contributed by atoms with van der Waals surface area (Å²) in [6.45, 7) is 0. The first-order valence-electron chi connectivity index (χ1n) is 3.16. The molecule has 0 aliphatic heterocycles.